The van der Waals surface area contributed by atoms with Crippen LogP contribution in [-0.2, 0) is 6.42 Å². The van der Waals surface area contributed by atoms with E-state index < -0.39 is 0 Å². The van der Waals surface area contributed by atoms with E-state index in [0.29, 0.717) is 0 Å². The first kappa shape index (κ1) is 1.25. The summed E-state index contributed by atoms with van der Waals surface area (Å²) in [7, 11) is 0. The predicted octanol–water partition coefficient (Wildman–Crippen LogP) is 4.69. The molecule has 10 heavy (non-hydrogen) atoms. The monoisotopic (exact) mass is 187 g/mol. The van der Waals surface area contributed by atoms with Crippen LogP contribution in [0.3, 0.4) is 0 Å². The lowest BCUT2D eigenvalue weighted by atomic mass is 10.1. The summed E-state index contributed by atoms with van der Waals surface area (Å²) in [6, 6.07) is 8.45. The maximum atomic E-state index is 5.41. The van der Waals surface area contributed by atoms with Gasteiger partial charge >= 0.3 is 0 Å². The maximum absolute atomic E-state index is 5.41. The van der Waals surface area contributed by atoms with E-state index in [1.54, 1.807) is 0 Å². The van der Waals surface area contributed by atoms with Crippen LogP contribution in [0, 0.1) is 6.92 Å². The highest BCUT2D eigenvalue weighted by atomic mass is 14.5. The normalized spacial score (nSPS) is 20.2. The minimum absolute atomic E-state index is 0.740. The van der Waals surface area contributed by atoms with Gasteiger partial charge in [-0.15, -0.1) is 0 Å². The van der Waals surface area contributed by atoms with E-state index in [4.69, 9.17) is 44.3 Å². The van der Waals surface area contributed by atoms with Crippen molar-refractivity contribution < 1.29 is 38.6 Å². The average molecular weight is 188 g/mol. The number of hydrogen-bond donors (Lipinski definition) is 1. The predicted molar refractivity (Wildman–Crippen MR) is 71.4 cm³/mol. The Labute approximate surface area is 102 Å². The molecule has 0 bridgehead atoms. The third-order valence-corrected chi connectivity index (χ3v) is 1.52. The van der Waals surface area contributed by atoms with Crippen molar-refractivity contribution in [1.29, 1.82) is 0 Å². The van der Waals surface area contributed by atoms with Gasteiger partial charge in [0.1, 0.15) is 0 Å². The number of benzene rings is 1. The first-order chi connectivity index (χ1) is 17.8. The average Bonchev–Trinajstić information content (AvgIpc) is 3.06. The van der Waals surface area contributed by atoms with E-state index in [9.17, 15) is 0 Å². The summed E-state index contributed by atoms with van der Waals surface area (Å²) in [5, 5.41) is 0. The molecule has 1 heteroatoms. The molecule has 0 aliphatic rings. The SMILES string of the molecule is Cc1cccc(CCN)c1.[2H][2H].[2H][2H].[2H][2H].[2H][2H].[2H][2H].[2H][2H].[2H][2H].[2H][2H].[2H][2H].[2H][2H].[2H][2H].[2H][2H].[2H][2H]. The first-order valence-corrected chi connectivity index (χ1v) is 3.58. The van der Waals surface area contributed by atoms with Crippen LogP contribution in [0.5, 0.6) is 0 Å². The van der Waals surface area contributed by atoms with Gasteiger partial charge in [-0.1, -0.05) is 29.8 Å². The lowest BCUT2D eigenvalue weighted by Crippen LogP contribution is -2.02. The Bertz CT molecular complexity index is 236. The van der Waals surface area contributed by atoms with Crippen molar-refractivity contribution >= 4 is 0 Å². The van der Waals surface area contributed by atoms with Crippen LogP contribution in [-0.4, -0.2) is 6.54 Å². The zero-order chi connectivity index (χ0) is 33.4. The van der Waals surface area contributed by atoms with Crippen LogP contribution in [0.4, 0.5) is 0 Å². The number of nitrogens with two attached hydrogens (primary N) is 1. The van der Waals surface area contributed by atoms with Crippen molar-refractivity contribution in [2.45, 2.75) is 13.3 Å². The second-order valence-corrected chi connectivity index (χ2v) is 2.53. The molecular formula is C9H39N. The Morgan fingerprint density at radius 1 is 1.60 bits per heavy atom. The van der Waals surface area contributed by atoms with Crippen LogP contribution in [0.25, 0.3) is 0 Å². The molecule has 0 fully saturated rings. The van der Waals surface area contributed by atoms with Crippen molar-refractivity contribution in [1.82, 2.24) is 0 Å². The quantitative estimate of drug-likeness (QED) is 0.714. The molecule has 0 unspecified atom stereocenters. The molecule has 1 rings (SSSR count). The summed E-state index contributed by atoms with van der Waals surface area (Å²) < 4.78 is 130. The lowest BCUT2D eigenvalue weighted by Gasteiger charge is -1.98. The molecule has 0 spiro atoms. The van der Waals surface area contributed by atoms with Crippen molar-refractivity contribution in [3.8, 4) is 0 Å². The van der Waals surface area contributed by atoms with Crippen LogP contribution in [0.15, 0.2) is 24.3 Å². The van der Waals surface area contributed by atoms with E-state index in [-0.39, 0.29) is 0 Å². The summed E-state index contributed by atoms with van der Waals surface area (Å²) in [6.07, 6.45) is 0.988. The Morgan fingerprint density at radius 2 is 2.40 bits per heavy atom. The largest absolute Gasteiger partial charge is 0.330 e. The van der Waals surface area contributed by atoms with E-state index in [1.165, 1.54) is 11.1 Å². The van der Waals surface area contributed by atoms with Crippen molar-refractivity contribution in [2.75, 3.05) is 6.54 Å². The summed E-state index contributed by atoms with van der Waals surface area (Å²) in [5.41, 5.74) is 8.06. The van der Waals surface area contributed by atoms with E-state index in [0.717, 1.165) is 13.0 Å². The van der Waals surface area contributed by atoms with Gasteiger partial charge in [-0.05, 0) is 25.5 Å². The van der Waals surface area contributed by atoms with E-state index in [2.05, 4.69) is 31.2 Å². The molecule has 0 atom stereocenters. The number of aryl methyl sites for hydroxylation is 1. The molecular weight excluding hydrogens is 122 g/mol. The fourth-order valence-corrected chi connectivity index (χ4v) is 1.03. The molecule has 2 N–H and O–H groups in total. The Balaban J connectivity index is -0.0000000160. The highest BCUT2D eigenvalue weighted by Crippen LogP contribution is 2.03. The van der Waals surface area contributed by atoms with Crippen molar-refractivity contribution in [3.05, 3.63) is 35.4 Å². The first-order valence-electron chi connectivity index (χ1n) is 16.6. The fraction of sp³-hybridized carbons (Fsp3) is 0.333. The highest BCUT2D eigenvalue weighted by molar-refractivity contribution is 5.22. The van der Waals surface area contributed by atoms with Crippen LogP contribution in [0.2, 0.25) is 0 Å². The number of hydrogen-bond acceptors (Lipinski definition) is 1. The molecule has 1 aromatic carbocycles. The summed E-state index contributed by atoms with van der Waals surface area (Å²) >= 11 is 0. The molecule has 0 saturated carbocycles. The minimum Gasteiger partial charge on any atom is -0.330 e. The van der Waals surface area contributed by atoms with Gasteiger partial charge in [0.15, 0.2) is 0 Å². The molecule has 0 amide bonds. The zero-order valence-electron chi connectivity index (χ0n) is 32.3. The van der Waals surface area contributed by atoms with Crippen molar-refractivity contribution in [3.63, 3.8) is 0 Å². The Hall–Kier alpha value is -0.820. The van der Waals surface area contributed by atoms with Gasteiger partial charge < -0.3 is 5.73 Å². The summed E-state index contributed by atoms with van der Waals surface area (Å²) in [5.74, 6) is 0. The molecule has 0 aliphatic carbocycles. The molecule has 80 valence electrons. The molecule has 0 aliphatic heterocycles. The van der Waals surface area contributed by atoms with E-state index >= 15 is 0 Å². The van der Waals surface area contributed by atoms with E-state index in [1.807, 2.05) is 0 Å². The third kappa shape index (κ3) is 1.85. The third-order valence-electron chi connectivity index (χ3n) is 1.52. The van der Waals surface area contributed by atoms with Gasteiger partial charge in [-0.2, -0.15) is 0 Å². The zero-order valence-corrected chi connectivity index (χ0v) is 6.30. The van der Waals surface area contributed by atoms with Gasteiger partial charge in [-0.25, -0.2) is 0 Å². The fourth-order valence-electron chi connectivity index (χ4n) is 1.03. The minimum atomic E-state index is 0.740. The molecule has 0 radical (unpaired) electrons. The molecule has 0 heterocycles. The molecule has 1 nitrogen and oxygen atoms in total. The lowest BCUT2D eigenvalue weighted by molar-refractivity contribution is 0.967. The smallest absolute Gasteiger partial charge is 0 e. The maximum Gasteiger partial charge on any atom is 0 e. The molecule has 0 aromatic heterocycles. The van der Waals surface area contributed by atoms with Crippen LogP contribution >= 0.6 is 0 Å². The molecule has 1 aromatic rings. The van der Waals surface area contributed by atoms with Crippen LogP contribution < -0.4 is 5.73 Å². The van der Waals surface area contributed by atoms with Gasteiger partial charge in [0.2, 0.25) is 0 Å². The second-order valence-electron chi connectivity index (χ2n) is 2.53. The van der Waals surface area contributed by atoms with Gasteiger partial charge in [0, 0.05) is 38.6 Å². The van der Waals surface area contributed by atoms with Crippen LogP contribution in [0.1, 0.15) is 49.7 Å². The Morgan fingerprint density at radius 3 is 3.00 bits per heavy atom. The Kier molecular flexibility index (Phi) is 0.421. The number of rotatable bonds is 2. The van der Waals surface area contributed by atoms with Gasteiger partial charge in [0.25, 0.3) is 0 Å². The summed E-state index contributed by atoms with van der Waals surface area (Å²) in [6.45, 7) is 2.84. The van der Waals surface area contributed by atoms with Crippen molar-refractivity contribution in [2.24, 2.45) is 5.73 Å². The van der Waals surface area contributed by atoms with Gasteiger partial charge in [-0.3, -0.25) is 0 Å². The molecule has 0 saturated heterocycles. The topological polar surface area (TPSA) is 26.0 Å². The second kappa shape index (κ2) is 3.37. The standard InChI is InChI=1S/C9H13N.13H2/c1-8-3-2-4-9(7-8)5-6-10;;;;;;;;;;;;;/h2-4,7H,5-6,10H2,1H3;13*1H/i;13*1+1D. The summed E-state index contributed by atoms with van der Waals surface area (Å²) in [4.78, 5) is 0. The van der Waals surface area contributed by atoms with Gasteiger partial charge in [0.05, 0.1) is 0 Å². The highest BCUT2D eigenvalue weighted by Gasteiger charge is 1.89.